The molecule has 0 aliphatic carbocycles. The van der Waals surface area contributed by atoms with Crippen molar-refractivity contribution in [1.29, 1.82) is 0 Å². The van der Waals surface area contributed by atoms with E-state index in [1.165, 1.54) is 11.8 Å². The minimum atomic E-state index is -0.318. The van der Waals surface area contributed by atoms with Gasteiger partial charge in [0.1, 0.15) is 5.75 Å². The van der Waals surface area contributed by atoms with Gasteiger partial charge in [-0.05, 0) is 30.7 Å². The zero-order valence-corrected chi connectivity index (χ0v) is 12.7. The molecule has 1 amide bonds. The second-order valence-corrected chi connectivity index (χ2v) is 5.55. The van der Waals surface area contributed by atoms with Crippen LogP contribution >= 0.6 is 11.8 Å². The number of thioether (sulfide) groups is 1. The van der Waals surface area contributed by atoms with Gasteiger partial charge in [-0.2, -0.15) is 4.98 Å². The third-order valence-corrected chi connectivity index (χ3v) is 4.30. The molecule has 2 aromatic rings. The Hall–Kier alpha value is -2.02. The lowest BCUT2D eigenvalue weighted by Crippen LogP contribution is -2.25. The van der Waals surface area contributed by atoms with Crippen LogP contribution in [-0.2, 0) is 10.5 Å². The third kappa shape index (κ3) is 3.98. The first-order valence-corrected chi connectivity index (χ1v) is 7.56. The number of nitrogens with zero attached hydrogens (tertiary/aromatic N) is 2. The summed E-state index contributed by atoms with van der Waals surface area (Å²) < 4.78 is 10.3. The Labute approximate surface area is 127 Å². The minimum Gasteiger partial charge on any atom is -0.497 e. The maximum Gasteiger partial charge on any atom is 0.257 e. The monoisotopic (exact) mass is 307 g/mol. The predicted octanol–water partition coefficient (Wildman–Crippen LogP) is 2.24. The second-order valence-electron chi connectivity index (χ2n) is 4.35. The Morgan fingerprint density at radius 3 is 2.71 bits per heavy atom. The van der Waals surface area contributed by atoms with E-state index in [4.69, 9.17) is 15.0 Å². The Morgan fingerprint density at radius 2 is 2.14 bits per heavy atom. The fourth-order valence-corrected chi connectivity index (χ4v) is 2.61. The largest absolute Gasteiger partial charge is 0.497 e. The first-order valence-electron chi connectivity index (χ1n) is 6.52. The smallest absolute Gasteiger partial charge is 0.257 e. The van der Waals surface area contributed by atoms with E-state index >= 15 is 0 Å². The maximum atomic E-state index is 11.2. The number of hydrogen-bond acceptors (Lipinski definition) is 6. The molecule has 0 saturated heterocycles. The van der Waals surface area contributed by atoms with Gasteiger partial charge in [-0.25, -0.2) is 0 Å². The van der Waals surface area contributed by atoms with Gasteiger partial charge < -0.3 is 15.0 Å². The van der Waals surface area contributed by atoms with E-state index in [1.807, 2.05) is 31.2 Å². The number of ether oxygens (including phenoxy) is 1. The molecule has 1 aromatic heterocycles. The lowest BCUT2D eigenvalue weighted by atomic mass is 10.2. The number of carbonyl (C=O) groups is 1. The lowest BCUT2D eigenvalue weighted by Gasteiger charge is -2.07. The van der Waals surface area contributed by atoms with Crippen LogP contribution in [0.25, 0.3) is 11.5 Å². The van der Waals surface area contributed by atoms with Crippen molar-refractivity contribution in [3.05, 3.63) is 30.1 Å². The van der Waals surface area contributed by atoms with Gasteiger partial charge in [-0.3, -0.25) is 4.79 Å². The molecule has 112 valence electrons. The number of benzene rings is 1. The fourth-order valence-electron chi connectivity index (χ4n) is 1.74. The summed E-state index contributed by atoms with van der Waals surface area (Å²) in [5.41, 5.74) is 6.12. The molecule has 21 heavy (non-hydrogen) atoms. The summed E-state index contributed by atoms with van der Waals surface area (Å²) in [6.45, 7) is 1.92. The Morgan fingerprint density at radius 1 is 1.43 bits per heavy atom. The number of rotatable bonds is 7. The zero-order valence-electron chi connectivity index (χ0n) is 11.9. The summed E-state index contributed by atoms with van der Waals surface area (Å²) in [6.07, 6.45) is 0.684. The number of nitrogens with two attached hydrogens (primary N) is 1. The van der Waals surface area contributed by atoms with Gasteiger partial charge in [0, 0.05) is 5.56 Å². The Balaban J connectivity index is 2.02. The maximum absolute atomic E-state index is 11.2. The molecule has 1 heterocycles. The van der Waals surface area contributed by atoms with Crippen LogP contribution in [0.3, 0.4) is 0 Å². The van der Waals surface area contributed by atoms with E-state index < -0.39 is 0 Å². The SMILES string of the molecule is CC[C@@H](SCc1noc(-c2ccc(OC)cc2)n1)C(N)=O. The normalized spacial score (nSPS) is 12.1. The van der Waals surface area contributed by atoms with Gasteiger partial charge >= 0.3 is 0 Å². The van der Waals surface area contributed by atoms with E-state index in [9.17, 15) is 4.79 Å². The lowest BCUT2D eigenvalue weighted by molar-refractivity contribution is -0.117. The first kappa shape index (κ1) is 15.4. The van der Waals surface area contributed by atoms with Crippen molar-refractivity contribution >= 4 is 17.7 Å². The Kier molecular flexibility index (Phi) is 5.21. The van der Waals surface area contributed by atoms with Gasteiger partial charge in [0.2, 0.25) is 5.91 Å². The molecule has 0 unspecified atom stereocenters. The summed E-state index contributed by atoms with van der Waals surface area (Å²) in [5, 5.41) is 3.68. The van der Waals surface area contributed by atoms with E-state index in [2.05, 4.69) is 10.1 Å². The highest BCUT2D eigenvalue weighted by atomic mass is 32.2. The van der Waals surface area contributed by atoms with Crippen molar-refractivity contribution in [2.24, 2.45) is 5.73 Å². The zero-order chi connectivity index (χ0) is 15.2. The van der Waals surface area contributed by atoms with Crippen LogP contribution in [0, 0.1) is 0 Å². The molecule has 0 aliphatic heterocycles. The van der Waals surface area contributed by atoms with Crippen LogP contribution in [0.5, 0.6) is 5.75 Å². The molecule has 7 heteroatoms. The van der Waals surface area contributed by atoms with Crippen molar-refractivity contribution < 1.29 is 14.1 Å². The van der Waals surface area contributed by atoms with Gasteiger partial charge in [-0.1, -0.05) is 12.1 Å². The number of aromatic nitrogens is 2. The predicted molar refractivity (Wildman–Crippen MR) is 80.9 cm³/mol. The fraction of sp³-hybridized carbons (Fsp3) is 0.357. The summed E-state index contributed by atoms with van der Waals surface area (Å²) >= 11 is 1.42. The number of carbonyl (C=O) groups excluding carboxylic acids is 1. The quantitative estimate of drug-likeness (QED) is 0.843. The molecule has 1 aromatic carbocycles. The van der Waals surface area contributed by atoms with Crippen LogP contribution in [0.2, 0.25) is 0 Å². The van der Waals surface area contributed by atoms with Crippen molar-refractivity contribution in [2.45, 2.75) is 24.3 Å². The van der Waals surface area contributed by atoms with E-state index in [-0.39, 0.29) is 11.2 Å². The van der Waals surface area contributed by atoms with Crippen LogP contribution in [0.4, 0.5) is 0 Å². The highest BCUT2D eigenvalue weighted by molar-refractivity contribution is 7.99. The molecule has 2 rings (SSSR count). The topological polar surface area (TPSA) is 91.2 Å². The van der Waals surface area contributed by atoms with Gasteiger partial charge in [0.15, 0.2) is 5.82 Å². The first-order chi connectivity index (χ1) is 10.1. The van der Waals surface area contributed by atoms with Gasteiger partial charge in [0.05, 0.1) is 18.1 Å². The molecule has 6 nitrogen and oxygen atoms in total. The minimum absolute atomic E-state index is 0.229. The average Bonchev–Trinajstić information content (AvgIpc) is 2.96. The number of methoxy groups -OCH3 is 1. The molecule has 1 atom stereocenters. The molecular formula is C14H17N3O3S. The van der Waals surface area contributed by atoms with E-state index in [0.29, 0.717) is 23.9 Å². The average molecular weight is 307 g/mol. The molecule has 0 aliphatic rings. The molecule has 2 N–H and O–H groups in total. The van der Waals surface area contributed by atoms with Crippen LogP contribution in [0.1, 0.15) is 19.2 Å². The van der Waals surface area contributed by atoms with Crippen LogP contribution in [-0.4, -0.2) is 28.4 Å². The van der Waals surface area contributed by atoms with Crippen molar-refractivity contribution in [2.75, 3.05) is 7.11 Å². The number of amides is 1. The highest BCUT2D eigenvalue weighted by Crippen LogP contribution is 2.23. The summed E-state index contributed by atoms with van der Waals surface area (Å²) in [4.78, 5) is 15.5. The number of primary amides is 1. The second kappa shape index (κ2) is 7.12. The Bertz CT molecular complexity index is 598. The van der Waals surface area contributed by atoms with E-state index in [1.54, 1.807) is 7.11 Å². The molecule has 0 fully saturated rings. The molecular weight excluding hydrogens is 290 g/mol. The molecule has 0 saturated carbocycles. The van der Waals surface area contributed by atoms with Gasteiger partial charge in [0.25, 0.3) is 5.89 Å². The van der Waals surface area contributed by atoms with Crippen molar-refractivity contribution in [3.63, 3.8) is 0 Å². The van der Waals surface area contributed by atoms with E-state index in [0.717, 1.165) is 11.3 Å². The van der Waals surface area contributed by atoms with Crippen LogP contribution in [0.15, 0.2) is 28.8 Å². The highest BCUT2D eigenvalue weighted by Gasteiger charge is 2.16. The standard InChI is InChI=1S/C14H17N3O3S/c1-3-11(13(15)18)21-8-12-16-14(20-17-12)9-4-6-10(19-2)7-5-9/h4-7,11H,3,8H2,1-2H3,(H2,15,18)/t11-/m1/s1. The summed E-state index contributed by atoms with van der Waals surface area (Å²) in [5.74, 6) is 1.93. The van der Waals surface area contributed by atoms with Crippen LogP contribution < -0.4 is 10.5 Å². The van der Waals surface area contributed by atoms with Gasteiger partial charge in [-0.15, -0.1) is 11.8 Å². The van der Waals surface area contributed by atoms with Crippen molar-refractivity contribution in [1.82, 2.24) is 10.1 Å². The molecule has 0 spiro atoms. The number of hydrogen-bond donors (Lipinski definition) is 1. The summed E-state index contributed by atoms with van der Waals surface area (Å²) in [6, 6.07) is 7.35. The molecule has 0 radical (unpaired) electrons. The summed E-state index contributed by atoms with van der Waals surface area (Å²) in [7, 11) is 1.61. The van der Waals surface area contributed by atoms with Crippen molar-refractivity contribution in [3.8, 4) is 17.2 Å². The molecule has 0 bridgehead atoms. The third-order valence-electron chi connectivity index (χ3n) is 2.91.